The summed E-state index contributed by atoms with van der Waals surface area (Å²) in [6.07, 6.45) is 9.15. The molecule has 0 aromatic heterocycles. The zero-order chi connectivity index (χ0) is 13.2. The molecule has 3 rings (SSSR count). The smallest absolute Gasteiger partial charge is 0.245 e. The topological polar surface area (TPSA) is 58.8 Å². The van der Waals surface area contributed by atoms with Crippen molar-refractivity contribution in [1.29, 1.82) is 0 Å². The molecule has 5 heteroatoms. The molecule has 3 unspecified atom stereocenters. The van der Waals surface area contributed by atoms with Crippen molar-refractivity contribution >= 4 is 12.1 Å². The van der Waals surface area contributed by atoms with Gasteiger partial charge in [-0.05, 0) is 44.9 Å². The Morgan fingerprint density at radius 3 is 3.00 bits per heavy atom. The molecule has 2 aliphatic heterocycles. The summed E-state index contributed by atoms with van der Waals surface area (Å²) in [4.78, 5) is 19.0. The molecule has 1 N–H and O–H groups in total. The minimum Gasteiger partial charge on any atom is -0.683 e. The number of fused-ring (bicyclic) bond motifs is 1. The van der Waals surface area contributed by atoms with Crippen molar-refractivity contribution in [2.45, 2.75) is 44.2 Å². The Morgan fingerprint density at radius 1 is 1.37 bits per heavy atom. The first-order valence-electron chi connectivity index (χ1n) is 7.21. The van der Waals surface area contributed by atoms with Crippen molar-refractivity contribution in [3.8, 4) is 0 Å². The summed E-state index contributed by atoms with van der Waals surface area (Å²) < 4.78 is 0. The van der Waals surface area contributed by atoms with Gasteiger partial charge in [0, 0.05) is 6.04 Å². The second-order valence-electron chi connectivity index (χ2n) is 5.55. The lowest BCUT2D eigenvalue weighted by molar-refractivity contribution is -0.133. The Morgan fingerprint density at radius 2 is 2.26 bits per heavy atom. The average Bonchev–Trinajstić information content (AvgIpc) is 2.84. The van der Waals surface area contributed by atoms with Gasteiger partial charge in [-0.1, -0.05) is 13.0 Å². The lowest BCUT2D eigenvalue weighted by atomic mass is 9.97. The molecule has 0 aromatic rings. The van der Waals surface area contributed by atoms with Crippen LogP contribution in [-0.2, 0) is 4.79 Å². The highest BCUT2D eigenvalue weighted by molar-refractivity contribution is 5.85. The Labute approximate surface area is 114 Å². The zero-order valence-corrected chi connectivity index (χ0v) is 11.4. The van der Waals surface area contributed by atoms with E-state index in [0.717, 1.165) is 25.1 Å². The maximum absolute atomic E-state index is 12.7. The highest BCUT2D eigenvalue weighted by atomic mass is 16.2. The number of amides is 1. The van der Waals surface area contributed by atoms with Gasteiger partial charge in [0.05, 0.1) is 6.04 Å². The molecule has 1 amide bonds. The van der Waals surface area contributed by atoms with Crippen LogP contribution in [0.1, 0.15) is 32.1 Å². The SMILES string of the molecule is CNC1CCC2CCCC2N(C2=C[N-]CC=N2)C1=O. The molecule has 3 aliphatic rings. The fourth-order valence-corrected chi connectivity index (χ4v) is 3.55. The summed E-state index contributed by atoms with van der Waals surface area (Å²) in [6.45, 7) is 0.620. The highest BCUT2D eigenvalue weighted by Crippen LogP contribution is 2.38. The number of carbonyl (C=O) groups is 1. The maximum atomic E-state index is 12.7. The third kappa shape index (κ3) is 2.27. The number of aliphatic imine (C=N–C) groups is 1. The van der Waals surface area contributed by atoms with E-state index in [0.29, 0.717) is 18.5 Å². The highest BCUT2D eigenvalue weighted by Gasteiger charge is 2.41. The molecule has 1 saturated heterocycles. The summed E-state index contributed by atoms with van der Waals surface area (Å²) in [5.41, 5.74) is 0. The van der Waals surface area contributed by atoms with Crippen molar-refractivity contribution in [3.05, 3.63) is 17.3 Å². The van der Waals surface area contributed by atoms with Crippen LogP contribution in [0.25, 0.3) is 5.32 Å². The maximum Gasteiger partial charge on any atom is 0.245 e. The average molecular weight is 261 g/mol. The number of nitrogens with zero attached hydrogens (tertiary/aromatic N) is 3. The molecule has 5 nitrogen and oxygen atoms in total. The van der Waals surface area contributed by atoms with E-state index in [-0.39, 0.29) is 11.9 Å². The minimum absolute atomic E-state index is 0.0800. The van der Waals surface area contributed by atoms with E-state index in [1.54, 1.807) is 12.4 Å². The third-order valence-electron chi connectivity index (χ3n) is 4.52. The number of rotatable bonds is 2. The number of likely N-dealkylation sites (N-methyl/N-ethyl adjacent to an activating group) is 1. The molecule has 3 atom stereocenters. The fourth-order valence-electron chi connectivity index (χ4n) is 3.55. The summed E-state index contributed by atoms with van der Waals surface area (Å²) in [5, 5.41) is 7.39. The standard InChI is InChI=1S/C14H21N4O/c1-15-11-6-5-10-3-2-4-12(10)18(14(11)19)13-9-16-7-8-17-13/h8-12,15H,2-7H2,1H3/q-1. The Bertz CT molecular complexity index is 418. The molecule has 0 aromatic carbocycles. The van der Waals surface area contributed by atoms with Gasteiger partial charge in [0.15, 0.2) is 0 Å². The molecule has 19 heavy (non-hydrogen) atoms. The fraction of sp³-hybridized carbons (Fsp3) is 0.714. The zero-order valence-electron chi connectivity index (χ0n) is 11.4. The molecule has 0 spiro atoms. The van der Waals surface area contributed by atoms with Gasteiger partial charge in [0.2, 0.25) is 5.91 Å². The lowest BCUT2D eigenvalue weighted by Crippen LogP contribution is -2.47. The Hall–Kier alpha value is -1.36. The van der Waals surface area contributed by atoms with Gasteiger partial charge in [0.1, 0.15) is 5.82 Å². The summed E-state index contributed by atoms with van der Waals surface area (Å²) in [7, 11) is 1.87. The normalized spacial score (nSPS) is 34.6. The predicted molar refractivity (Wildman–Crippen MR) is 74.9 cm³/mol. The van der Waals surface area contributed by atoms with E-state index in [1.165, 1.54) is 12.8 Å². The van der Waals surface area contributed by atoms with E-state index < -0.39 is 0 Å². The number of carbonyl (C=O) groups excluding carboxylic acids is 1. The number of nitrogens with one attached hydrogen (secondary N) is 1. The largest absolute Gasteiger partial charge is 0.683 e. The second kappa shape index (κ2) is 5.33. The summed E-state index contributed by atoms with van der Waals surface area (Å²) in [6, 6.07) is 0.242. The molecule has 1 aliphatic carbocycles. The van der Waals surface area contributed by atoms with Crippen molar-refractivity contribution in [3.63, 3.8) is 0 Å². The Balaban J connectivity index is 1.92. The molecule has 0 radical (unpaired) electrons. The monoisotopic (exact) mass is 261 g/mol. The molecule has 2 heterocycles. The van der Waals surface area contributed by atoms with Crippen LogP contribution in [0, 0.1) is 5.92 Å². The summed E-state index contributed by atoms with van der Waals surface area (Å²) >= 11 is 0. The first kappa shape index (κ1) is 12.7. The van der Waals surface area contributed by atoms with E-state index in [4.69, 9.17) is 0 Å². The van der Waals surface area contributed by atoms with Crippen LogP contribution in [-0.4, -0.2) is 42.7 Å². The summed E-state index contributed by atoms with van der Waals surface area (Å²) in [5.74, 6) is 1.52. The molecular weight excluding hydrogens is 240 g/mol. The van der Waals surface area contributed by atoms with Gasteiger partial charge in [-0.2, -0.15) is 0 Å². The number of hydrogen-bond acceptors (Lipinski definition) is 3. The molecule has 104 valence electrons. The van der Waals surface area contributed by atoms with E-state index in [1.807, 2.05) is 11.9 Å². The van der Waals surface area contributed by atoms with Crippen molar-refractivity contribution in [2.24, 2.45) is 10.9 Å². The lowest BCUT2D eigenvalue weighted by Gasteiger charge is -2.35. The Kier molecular flexibility index (Phi) is 3.55. The van der Waals surface area contributed by atoms with Crippen LogP contribution < -0.4 is 5.32 Å². The van der Waals surface area contributed by atoms with Crippen LogP contribution in [0.2, 0.25) is 0 Å². The number of likely N-dealkylation sites (tertiary alicyclic amines) is 1. The van der Waals surface area contributed by atoms with E-state index in [9.17, 15) is 4.79 Å². The van der Waals surface area contributed by atoms with E-state index in [2.05, 4.69) is 15.6 Å². The van der Waals surface area contributed by atoms with Crippen molar-refractivity contribution in [1.82, 2.24) is 10.2 Å². The molecule has 0 bridgehead atoms. The molecular formula is C14H21N4O-. The van der Waals surface area contributed by atoms with Gasteiger partial charge in [-0.15, -0.1) is 6.20 Å². The van der Waals surface area contributed by atoms with Crippen LogP contribution in [0.4, 0.5) is 0 Å². The second-order valence-corrected chi connectivity index (χ2v) is 5.55. The van der Waals surface area contributed by atoms with Crippen LogP contribution in [0.3, 0.4) is 0 Å². The van der Waals surface area contributed by atoms with Gasteiger partial charge in [-0.3, -0.25) is 9.69 Å². The molecule has 2 fully saturated rings. The van der Waals surface area contributed by atoms with Gasteiger partial charge in [-0.25, -0.2) is 4.99 Å². The van der Waals surface area contributed by atoms with Crippen molar-refractivity contribution in [2.75, 3.05) is 13.6 Å². The number of hydrogen-bond donors (Lipinski definition) is 1. The van der Waals surface area contributed by atoms with Gasteiger partial charge < -0.3 is 10.6 Å². The van der Waals surface area contributed by atoms with Crippen LogP contribution in [0.15, 0.2) is 17.0 Å². The minimum atomic E-state index is -0.0800. The third-order valence-corrected chi connectivity index (χ3v) is 4.52. The first-order valence-corrected chi connectivity index (χ1v) is 7.21. The van der Waals surface area contributed by atoms with Crippen LogP contribution in [0.5, 0.6) is 0 Å². The van der Waals surface area contributed by atoms with Crippen molar-refractivity contribution < 1.29 is 4.79 Å². The quantitative estimate of drug-likeness (QED) is 0.821. The van der Waals surface area contributed by atoms with Gasteiger partial charge in [0.25, 0.3) is 0 Å². The molecule has 1 saturated carbocycles. The predicted octanol–water partition coefficient (Wildman–Crippen LogP) is 1.62. The van der Waals surface area contributed by atoms with Crippen LogP contribution >= 0.6 is 0 Å². The van der Waals surface area contributed by atoms with Gasteiger partial charge >= 0.3 is 0 Å². The first-order chi connectivity index (χ1) is 9.31. The van der Waals surface area contributed by atoms with E-state index >= 15 is 0 Å².